The topological polar surface area (TPSA) is 112 Å². The molecular weight excluding hydrogens is 406 g/mol. The molecule has 170 valence electrons. The third-order valence-corrected chi connectivity index (χ3v) is 6.16. The predicted molar refractivity (Wildman–Crippen MR) is 123 cm³/mol. The van der Waals surface area contributed by atoms with Crippen molar-refractivity contribution in [3.8, 4) is 28.1 Å². The minimum atomic E-state index is -0.217. The van der Waals surface area contributed by atoms with Crippen molar-refractivity contribution in [3.63, 3.8) is 0 Å². The molecule has 9 heteroatoms. The molecule has 3 heterocycles. The van der Waals surface area contributed by atoms with Gasteiger partial charge in [-0.05, 0) is 51.8 Å². The molecule has 0 bridgehead atoms. The monoisotopic (exact) mass is 437 g/mol. The number of aromatic amines is 1. The average molecular weight is 438 g/mol. The van der Waals surface area contributed by atoms with Crippen molar-refractivity contribution in [1.82, 2.24) is 30.7 Å². The van der Waals surface area contributed by atoms with Crippen LogP contribution in [0.4, 0.5) is 5.95 Å². The van der Waals surface area contributed by atoms with Crippen LogP contribution in [0.15, 0.2) is 36.8 Å². The smallest absolute Gasteiger partial charge is 0.245 e. The van der Waals surface area contributed by atoms with Crippen molar-refractivity contribution in [1.29, 1.82) is 0 Å². The average Bonchev–Trinajstić information content (AvgIpc) is 3.26. The van der Waals surface area contributed by atoms with E-state index in [1.165, 1.54) is 0 Å². The molecule has 9 nitrogen and oxygen atoms in total. The molecule has 1 aliphatic heterocycles. The number of aromatic nitrogens is 5. The number of methoxy groups -OCH3 is 1. The van der Waals surface area contributed by atoms with Crippen LogP contribution >= 0.6 is 0 Å². The van der Waals surface area contributed by atoms with Gasteiger partial charge in [-0.2, -0.15) is 5.10 Å². The molecule has 0 spiro atoms. The first-order valence-electron chi connectivity index (χ1n) is 10.7. The quantitative estimate of drug-likeness (QED) is 0.558. The summed E-state index contributed by atoms with van der Waals surface area (Å²) in [6.45, 7) is 8.70. The van der Waals surface area contributed by atoms with E-state index in [0.29, 0.717) is 17.2 Å². The number of nitrogens with zero attached hydrogens (tertiary/aromatic N) is 5. The van der Waals surface area contributed by atoms with Gasteiger partial charge >= 0.3 is 0 Å². The minimum absolute atomic E-state index is 0.0525. The molecule has 0 saturated carbocycles. The predicted octanol–water partition coefficient (Wildman–Crippen LogP) is 3.00. The molecule has 0 aliphatic carbocycles. The third kappa shape index (κ3) is 4.18. The lowest BCUT2D eigenvalue weighted by Gasteiger charge is -2.53. The Morgan fingerprint density at radius 2 is 1.91 bits per heavy atom. The van der Waals surface area contributed by atoms with Crippen LogP contribution in [-0.2, 0) is 4.74 Å². The van der Waals surface area contributed by atoms with Gasteiger partial charge in [-0.25, -0.2) is 4.98 Å². The zero-order valence-electron chi connectivity index (χ0n) is 19.4. The SMILES string of the molecule is CO[C@H]1[C@@H](N(C)c2ncc(-c3ccc(-c4cn[nH]c4)cc3O)nn2)CC(C)(C)NC1(C)C. The number of likely N-dealkylation sites (N-methyl/N-ethyl adjacent to an activating group) is 1. The normalized spacial score (nSPS) is 21.9. The van der Waals surface area contributed by atoms with Gasteiger partial charge in [0.25, 0.3) is 0 Å². The second-order valence-corrected chi connectivity index (χ2v) is 9.63. The first kappa shape index (κ1) is 22.2. The highest BCUT2D eigenvalue weighted by Gasteiger charge is 2.48. The number of hydrogen-bond donors (Lipinski definition) is 3. The van der Waals surface area contributed by atoms with E-state index in [0.717, 1.165) is 17.5 Å². The molecular formula is C23H31N7O2. The van der Waals surface area contributed by atoms with Gasteiger partial charge in [0.1, 0.15) is 11.4 Å². The number of anilines is 1. The fraction of sp³-hybridized carbons (Fsp3) is 0.478. The molecule has 3 N–H and O–H groups in total. The molecule has 2 atom stereocenters. The molecule has 3 aromatic rings. The number of benzene rings is 1. The number of phenols is 1. The van der Waals surface area contributed by atoms with Crippen molar-refractivity contribution in [2.45, 2.75) is 57.3 Å². The van der Waals surface area contributed by atoms with E-state index in [9.17, 15) is 5.11 Å². The first-order valence-corrected chi connectivity index (χ1v) is 10.7. The molecule has 32 heavy (non-hydrogen) atoms. The van der Waals surface area contributed by atoms with Crippen LogP contribution in [0.25, 0.3) is 22.4 Å². The molecule has 0 radical (unpaired) electrons. The second-order valence-electron chi connectivity index (χ2n) is 9.63. The van der Waals surface area contributed by atoms with Crippen molar-refractivity contribution in [2.75, 3.05) is 19.1 Å². The van der Waals surface area contributed by atoms with Crippen LogP contribution < -0.4 is 10.2 Å². The van der Waals surface area contributed by atoms with E-state index in [-0.39, 0.29) is 29.0 Å². The fourth-order valence-electron chi connectivity index (χ4n) is 4.94. The van der Waals surface area contributed by atoms with Gasteiger partial charge in [-0.15, -0.1) is 10.2 Å². The van der Waals surface area contributed by atoms with Crippen LogP contribution in [0.1, 0.15) is 34.1 Å². The summed E-state index contributed by atoms with van der Waals surface area (Å²) in [6, 6.07) is 5.47. The molecule has 0 amide bonds. The number of phenolic OH excluding ortho intramolecular Hbond substituents is 1. The van der Waals surface area contributed by atoms with Gasteiger partial charge in [0.05, 0.1) is 24.5 Å². The van der Waals surface area contributed by atoms with E-state index < -0.39 is 0 Å². The van der Waals surface area contributed by atoms with Crippen LogP contribution in [0, 0.1) is 0 Å². The number of ether oxygens (including phenoxy) is 1. The van der Waals surface area contributed by atoms with Crippen LogP contribution in [0.2, 0.25) is 0 Å². The Bertz CT molecular complexity index is 1060. The molecule has 0 unspecified atom stereocenters. The van der Waals surface area contributed by atoms with Gasteiger partial charge in [-0.3, -0.25) is 5.10 Å². The molecule has 2 aromatic heterocycles. The largest absolute Gasteiger partial charge is 0.507 e. The third-order valence-electron chi connectivity index (χ3n) is 6.16. The summed E-state index contributed by atoms with van der Waals surface area (Å²) in [5.74, 6) is 0.631. The molecule has 1 fully saturated rings. The van der Waals surface area contributed by atoms with Gasteiger partial charge in [-0.1, -0.05) is 6.07 Å². The van der Waals surface area contributed by atoms with E-state index in [1.807, 2.05) is 24.1 Å². The highest BCUT2D eigenvalue weighted by molar-refractivity contribution is 5.73. The Morgan fingerprint density at radius 3 is 2.50 bits per heavy atom. The molecule has 1 aromatic carbocycles. The van der Waals surface area contributed by atoms with E-state index in [4.69, 9.17) is 4.74 Å². The lowest BCUT2D eigenvalue weighted by atomic mass is 9.76. The van der Waals surface area contributed by atoms with Crippen molar-refractivity contribution in [2.24, 2.45) is 0 Å². The van der Waals surface area contributed by atoms with Gasteiger partial charge in [0.15, 0.2) is 0 Å². The first-order chi connectivity index (χ1) is 15.1. The lowest BCUT2D eigenvalue weighted by molar-refractivity contribution is -0.0338. The van der Waals surface area contributed by atoms with E-state index in [1.54, 1.807) is 31.8 Å². The van der Waals surface area contributed by atoms with Gasteiger partial charge < -0.3 is 20.1 Å². The summed E-state index contributed by atoms with van der Waals surface area (Å²) in [6.07, 6.45) is 5.94. The van der Waals surface area contributed by atoms with E-state index >= 15 is 0 Å². The lowest BCUT2D eigenvalue weighted by Crippen LogP contribution is -2.70. The molecule has 1 aliphatic rings. The van der Waals surface area contributed by atoms with E-state index in [2.05, 4.69) is 58.4 Å². The van der Waals surface area contributed by atoms with Crippen LogP contribution in [-0.4, -0.2) is 67.9 Å². The highest BCUT2D eigenvalue weighted by atomic mass is 16.5. The van der Waals surface area contributed by atoms with Crippen LogP contribution in [0.3, 0.4) is 0 Å². The standard InChI is InChI=1S/C23H31N7O2/c1-22(2)10-18(20(32-6)23(3,4)29-22)30(5)21-24-13-17(27-28-21)16-8-7-14(9-19(16)31)15-11-25-26-12-15/h7-9,11-13,18,20,29,31H,10H2,1-6H3,(H,25,26)/t18-,20-/m0/s1. The Kier molecular flexibility index (Phi) is 5.64. The maximum atomic E-state index is 10.5. The number of aromatic hydroxyl groups is 1. The maximum absolute atomic E-state index is 10.5. The maximum Gasteiger partial charge on any atom is 0.245 e. The Labute approximate surface area is 188 Å². The van der Waals surface area contributed by atoms with Crippen molar-refractivity contribution >= 4 is 5.95 Å². The van der Waals surface area contributed by atoms with Crippen LogP contribution in [0.5, 0.6) is 5.75 Å². The molecule has 4 rings (SSSR count). The van der Waals surface area contributed by atoms with Gasteiger partial charge in [0.2, 0.25) is 5.95 Å². The Hall–Kier alpha value is -3.04. The second kappa shape index (κ2) is 8.14. The highest BCUT2D eigenvalue weighted by Crippen LogP contribution is 2.35. The summed E-state index contributed by atoms with van der Waals surface area (Å²) in [7, 11) is 3.72. The zero-order valence-corrected chi connectivity index (χ0v) is 19.4. The minimum Gasteiger partial charge on any atom is -0.507 e. The fourth-order valence-corrected chi connectivity index (χ4v) is 4.94. The number of piperidine rings is 1. The summed E-state index contributed by atoms with van der Waals surface area (Å²) in [4.78, 5) is 6.60. The Morgan fingerprint density at radius 1 is 1.12 bits per heavy atom. The van der Waals surface area contributed by atoms with Gasteiger partial charge in [0, 0.05) is 42.6 Å². The zero-order chi connectivity index (χ0) is 23.1. The summed E-state index contributed by atoms with van der Waals surface area (Å²) >= 11 is 0. The molecule has 1 saturated heterocycles. The number of rotatable bonds is 5. The Balaban J connectivity index is 1.58. The number of H-pyrrole nitrogens is 1. The summed E-state index contributed by atoms with van der Waals surface area (Å²) in [5, 5.41) is 29.7. The summed E-state index contributed by atoms with van der Waals surface area (Å²) < 4.78 is 5.89. The van der Waals surface area contributed by atoms with Crippen molar-refractivity contribution < 1.29 is 9.84 Å². The number of nitrogens with one attached hydrogen (secondary N) is 2. The summed E-state index contributed by atoms with van der Waals surface area (Å²) in [5.41, 5.74) is 2.56. The number of hydrogen-bond acceptors (Lipinski definition) is 8. The van der Waals surface area contributed by atoms with Crippen molar-refractivity contribution in [3.05, 3.63) is 36.8 Å².